The molecule has 0 bridgehead atoms. The first-order chi connectivity index (χ1) is 19.0. The van der Waals surface area contributed by atoms with Crippen molar-refractivity contribution in [3.05, 3.63) is 125 Å². The van der Waals surface area contributed by atoms with Crippen LogP contribution in [0.3, 0.4) is 0 Å². The maximum atomic E-state index is 13.9. The molecule has 10 heteroatoms. The standard InChI is InChI=1S/C30H32N4O4S2/c1-23-13-17-28(18-14-23)39(35,36)33(21-25(3)9-8-12-27-10-6-5-7-11-27)26(4)30-22-34(32-31-30)40(37,38)29-19-15-24(2)16-20-29/h5-20,22,26H,21H2,1-4H3/b12-8+,25-9+. The Balaban J connectivity index is 1.67. The van der Waals surface area contributed by atoms with E-state index in [1.54, 1.807) is 43.3 Å². The molecule has 0 saturated heterocycles. The number of benzene rings is 3. The second-order valence-corrected chi connectivity index (χ2v) is 13.3. The summed E-state index contributed by atoms with van der Waals surface area (Å²) in [5.74, 6) is 0. The van der Waals surface area contributed by atoms with Gasteiger partial charge in [-0.1, -0.05) is 94.7 Å². The first kappa shape index (κ1) is 29.1. The number of hydrogen-bond donors (Lipinski definition) is 0. The van der Waals surface area contributed by atoms with E-state index in [2.05, 4.69) is 10.3 Å². The summed E-state index contributed by atoms with van der Waals surface area (Å²) >= 11 is 0. The lowest BCUT2D eigenvalue weighted by molar-refractivity contribution is 0.358. The zero-order valence-corrected chi connectivity index (χ0v) is 24.5. The molecule has 0 amide bonds. The zero-order valence-electron chi connectivity index (χ0n) is 22.8. The Morgan fingerprint density at radius 2 is 1.45 bits per heavy atom. The van der Waals surface area contributed by atoms with E-state index in [1.807, 2.05) is 69.3 Å². The largest absolute Gasteiger partial charge is 0.284 e. The molecule has 4 rings (SSSR count). The molecule has 3 aromatic carbocycles. The number of allylic oxidation sites excluding steroid dienone is 2. The van der Waals surface area contributed by atoms with Crippen LogP contribution in [0.15, 0.2) is 113 Å². The molecule has 4 aromatic rings. The van der Waals surface area contributed by atoms with E-state index in [-0.39, 0.29) is 22.0 Å². The molecule has 0 spiro atoms. The average Bonchev–Trinajstić information content (AvgIpc) is 3.44. The van der Waals surface area contributed by atoms with Crippen LogP contribution in [0.1, 0.15) is 42.3 Å². The molecule has 1 heterocycles. The van der Waals surface area contributed by atoms with Gasteiger partial charge in [-0.05, 0) is 57.5 Å². The molecule has 0 aliphatic heterocycles. The third-order valence-electron chi connectivity index (χ3n) is 6.42. The van der Waals surface area contributed by atoms with Gasteiger partial charge in [0.1, 0.15) is 5.69 Å². The van der Waals surface area contributed by atoms with Crippen LogP contribution in [0.4, 0.5) is 0 Å². The van der Waals surface area contributed by atoms with E-state index in [4.69, 9.17) is 0 Å². The third kappa shape index (κ3) is 6.64. The summed E-state index contributed by atoms with van der Waals surface area (Å²) in [6, 6.07) is 22.0. The lowest BCUT2D eigenvalue weighted by Crippen LogP contribution is -2.35. The number of aromatic nitrogens is 3. The minimum absolute atomic E-state index is 0.0636. The summed E-state index contributed by atoms with van der Waals surface area (Å²) in [5.41, 5.74) is 3.87. The molecule has 208 valence electrons. The number of sulfonamides is 1. The van der Waals surface area contributed by atoms with Crippen LogP contribution in [0, 0.1) is 13.8 Å². The monoisotopic (exact) mass is 576 g/mol. The zero-order chi connectivity index (χ0) is 28.9. The van der Waals surface area contributed by atoms with Crippen LogP contribution in [0.2, 0.25) is 0 Å². The van der Waals surface area contributed by atoms with Gasteiger partial charge >= 0.3 is 0 Å². The smallest absolute Gasteiger partial charge is 0.207 e. The fourth-order valence-electron chi connectivity index (χ4n) is 4.00. The molecular weight excluding hydrogens is 544 g/mol. The van der Waals surface area contributed by atoms with E-state index in [9.17, 15) is 16.8 Å². The molecule has 40 heavy (non-hydrogen) atoms. The van der Waals surface area contributed by atoms with Crippen molar-refractivity contribution in [3.63, 3.8) is 0 Å². The summed E-state index contributed by atoms with van der Waals surface area (Å²) in [6.45, 7) is 7.33. The molecule has 1 aromatic heterocycles. The van der Waals surface area contributed by atoms with E-state index in [1.165, 1.54) is 22.6 Å². The van der Waals surface area contributed by atoms with Gasteiger partial charge in [0.25, 0.3) is 10.0 Å². The van der Waals surface area contributed by atoms with E-state index < -0.39 is 26.1 Å². The van der Waals surface area contributed by atoms with Crippen LogP contribution >= 0.6 is 0 Å². The third-order valence-corrected chi connectivity index (χ3v) is 9.89. The lowest BCUT2D eigenvalue weighted by atomic mass is 10.2. The van der Waals surface area contributed by atoms with Gasteiger partial charge in [0.05, 0.1) is 22.0 Å². The Morgan fingerprint density at radius 3 is 2.05 bits per heavy atom. The van der Waals surface area contributed by atoms with E-state index in [0.717, 1.165) is 26.4 Å². The Morgan fingerprint density at radius 1 is 0.875 bits per heavy atom. The molecular formula is C30H32N4O4S2. The second-order valence-electron chi connectivity index (χ2n) is 9.66. The van der Waals surface area contributed by atoms with Gasteiger partial charge < -0.3 is 0 Å². The SMILES string of the molecule is C/C(=C\C=C\c1ccccc1)CN(C(C)c1cn(S(=O)(=O)c2ccc(C)cc2)nn1)S(=O)(=O)c1ccc(C)cc1. The van der Waals surface area contributed by atoms with Crippen molar-refractivity contribution < 1.29 is 16.8 Å². The van der Waals surface area contributed by atoms with Gasteiger partial charge in [0.2, 0.25) is 10.0 Å². The van der Waals surface area contributed by atoms with Gasteiger partial charge in [0.15, 0.2) is 0 Å². The topological polar surface area (TPSA) is 102 Å². The summed E-state index contributed by atoms with van der Waals surface area (Å²) in [4.78, 5) is 0.201. The summed E-state index contributed by atoms with van der Waals surface area (Å²) in [5, 5.41) is 7.92. The Hall–Kier alpha value is -3.86. The quantitative estimate of drug-likeness (QED) is 0.230. The highest BCUT2D eigenvalue weighted by Gasteiger charge is 2.32. The van der Waals surface area contributed by atoms with E-state index >= 15 is 0 Å². The summed E-state index contributed by atoms with van der Waals surface area (Å²) in [7, 11) is -7.97. The summed E-state index contributed by atoms with van der Waals surface area (Å²) in [6.07, 6.45) is 6.94. The lowest BCUT2D eigenvalue weighted by Gasteiger charge is -2.27. The van der Waals surface area contributed by atoms with Gasteiger partial charge in [0, 0.05) is 6.54 Å². The second kappa shape index (κ2) is 12.1. The van der Waals surface area contributed by atoms with Gasteiger partial charge in [-0.15, -0.1) is 9.19 Å². The van der Waals surface area contributed by atoms with Crippen LogP contribution in [-0.4, -0.2) is 42.1 Å². The maximum Gasteiger partial charge on any atom is 0.284 e. The average molecular weight is 577 g/mol. The minimum Gasteiger partial charge on any atom is -0.207 e. The van der Waals surface area contributed by atoms with Gasteiger partial charge in [-0.25, -0.2) is 8.42 Å². The van der Waals surface area contributed by atoms with Crippen molar-refractivity contribution in [1.82, 2.24) is 18.7 Å². The molecule has 0 saturated carbocycles. The van der Waals surface area contributed by atoms with Crippen LogP contribution in [0.5, 0.6) is 0 Å². The maximum absolute atomic E-state index is 13.9. The van der Waals surface area contributed by atoms with Crippen molar-refractivity contribution >= 4 is 26.1 Å². The Bertz CT molecular complexity index is 1730. The molecule has 1 unspecified atom stereocenters. The van der Waals surface area contributed by atoms with Crippen molar-refractivity contribution in [3.8, 4) is 0 Å². The molecule has 1 atom stereocenters. The Kier molecular flexibility index (Phi) is 8.82. The predicted octanol–water partition coefficient (Wildman–Crippen LogP) is 5.54. The highest BCUT2D eigenvalue weighted by Crippen LogP contribution is 2.28. The fourth-order valence-corrected chi connectivity index (χ4v) is 6.72. The summed E-state index contributed by atoms with van der Waals surface area (Å²) < 4.78 is 56.1. The van der Waals surface area contributed by atoms with Crippen LogP contribution in [-0.2, 0) is 20.0 Å². The Labute approximate surface area is 236 Å². The highest BCUT2D eigenvalue weighted by molar-refractivity contribution is 7.90. The van der Waals surface area contributed by atoms with Crippen molar-refractivity contribution in [2.24, 2.45) is 0 Å². The van der Waals surface area contributed by atoms with Gasteiger partial charge in [-0.3, -0.25) is 0 Å². The molecule has 0 fully saturated rings. The van der Waals surface area contributed by atoms with E-state index in [0.29, 0.717) is 0 Å². The van der Waals surface area contributed by atoms with Crippen LogP contribution in [0.25, 0.3) is 6.08 Å². The van der Waals surface area contributed by atoms with Gasteiger partial charge in [-0.2, -0.15) is 12.7 Å². The minimum atomic E-state index is -3.99. The molecule has 8 nitrogen and oxygen atoms in total. The first-order valence-corrected chi connectivity index (χ1v) is 15.6. The van der Waals surface area contributed by atoms with Crippen molar-refractivity contribution in [1.29, 1.82) is 0 Å². The number of aryl methyl sites for hydroxylation is 2. The molecule has 0 radical (unpaired) electrons. The molecule has 0 aliphatic rings. The highest BCUT2D eigenvalue weighted by atomic mass is 32.2. The van der Waals surface area contributed by atoms with Crippen LogP contribution < -0.4 is 0 Å². The number of nitrogens with zero attached hydrogens (tertiary/aromatic N) is 4. The fraction of sp³-hybridized carbons (Fsp3) is 0.200. The number of rotatable bonds is 10. The predicted molar refractivity (Wildman–Crippen MR) is 157 cm³/mol. The molecule has 0 N–H and O–H groups in total. The number of hydrogen-bond acceptors (Lipinski definition) is 6. The van der Waals surface area contributed by atoms with Crippen molar-refractivity contribution in [2.45, 2.75) is 43.5 Å². The normalized spacial score (nSPS) is 13.7. The molecule has 0 aliphatic carbocycles. The van der Waals surface area contributed by atoms with Crippen molar-refractivity contribution in [2.75, 3.05) is 6.54 Å². The first-order valence-electron chi connectivity index (χ1n) is 12.7.